The van der Waals surface area contributed by atoms with Gasteiger partial charge >= 0.3 is 0 Å². The van der Waals surface area contributed by atoms with E-state index < -0.39 is 7.14 Å². The van der Waals surface area contributed by atoms with Gasteiger partial charge < -0.3 is 4.57 Å². The second-order valence-electron chi connectivity index (χ2n) is 11.2. The molecule has 0 aliphatic heterocycles. The van der Waals surface area contributed by atoms with Crippen molar-refractivity contribution >= 4 is 55.4 Å². The lowest BCUT2D eigenvalue weighted by molar-refractivity contribution is 0.592. The van der Waals surface area contributed by atoms with Gasteiger partial charge in [0.25, 0.3) is 0 Å². The second kappa shape index (κ2) is 10.8. The third-order valence-electron chi connectivity index (χ3n) is 8.73. The summed E-state index contributed by atoms with van der Waals surface area (Å²) >= 11 is 0. The lowest BCUT2D eigenvalue weighted by atomic mass is 9.85. The van der Waals surface area contributed by atoms with E-state index in [0.717, 1.165) is 27.0 Å². The molecular formula is C42H29OP. The molecule has 0 saturated heterocycles. The van der Waals surface area contributed by atoms with Crippen LogP contribution in [-0.4, -0.2) is 0 Å². The molecule has 2 heteroatoms. The largest absolute Gasteiger partial charge is 0.309 e. The molecule has 0 fully saturated rings. The summed E-state index contributed by atoms with van der Waals surface area (Å²) < 4.78 is 15.3. The summed E-state index contributed by atoms with van der Waals surface area (Å²) in [6.45, 7) is 0. The number of hydrogen-bond acceptors (Lipinski definition) is 1. The van der Waals surface area contributed by atoms with Crippen LogP contribution in [0.15, 0.2) is 176 Å². The predicted octanol–water partition coefficient (Wildman–Crippen LogP) is 10.1. The summed E-state index contributed by atoms with van der Waals surface area (Å²) in [6, 6.07) is 60.9. The Morgan fingerprint density at radius 2 is 0.773 bits per heavy atom. The molecule has 208 valence electrons. The predicted molar refractivity (Wildman–Crippen MR) is 189 cm³/mol. The molecule has 0 amide bonds. The lowest BCUT2D eigenvalue weighted by Gasteiger charge is -2.22. The minimum Gasteiger partial charge on any atom is -0.309 e. The van der Waals surface area contributed by atoms with E-state index in [0.29, 0.717) is 0 Å². The van der Waals surface area contributed by atoms with Crippen molar-refractivity contribution in [2.24, 2.45) is 0 Å². The van der Waals surface area contributed by atoms with Gasteiger partial charge in [0.2, 0.25) is 0 Å². The standard InChI is InChI=1S/C42H29OP/c43-44(32-18-3-1-4-19-32,33-20-5-2-6-21-33)34-22-13-17-31(29-34)41-37-24-9-11-26-39(37)42(40-27-12-10-25-38(40)41)36-28-14-16-30-15-7-8-23-35(30)36/h1-29H. The van der Waals surface area contributed by atoms with Gasteiger partial charge in [0, 0.05) is 15.9 Å². The van der Waals surface area contributed by atoms with Crippen LogP contribution in [0.25, 0.3) is 54.6 Å². The highest BCUT2D eigenvalue weighted by molar-refractivity contribution is 7.85. The van der Waals surface area contributed by atoms with Crippen LogP contribution in [0, 0.1) is 0 Å². The zero-order valence-corrected chi connectivity index (χ0v) is 25.0. The average molecular weight is 581 g/mol. The SMILES string of the molecule is O=P(c1ccccc1)(c1ccccc1)c1cccc(-c2c3ccccc3c(-c3cccc4ccccc34)c3ccccc23)c1. The quantitative estimate of drug-likeness (QED) is 0.146. The molecule has 0 spiro atoms. The Hall–Kier alpha value is -5.23. The Labute approximate surface area is 257 Å². The van der Waals surface area contributed by atoms with Crippen LogP contribution >= 0.6 is 7.14 Å². The Morgan fingerprint density at radius 1 is 0.341 bits per heavy atom. The fourth-order valence-electron chi connectivity index (χ4n) is 6.75. The van der Waals surface area contributed by atoms with Gasteiger partial charge in [0.1, 0.15) is 0 Å². The Morgan fingerprint density at radius 3 is 1.36 bits per heavy atom. The molecule has 8 aromatic rings. The van der Waals surface area contributed by atoms with Crippen molar-refractivity contribution in [1.29, 1.82) is 0 Å². The summed E-state index contributed by atoms with van der Waals surface area (Å²) in [7, 11) is -3.13. The van der Waals surface area contributed by atoms with Gasteiger partial charge in [0.05, 0.1) is 0 Å². The van der Waals surface area contributed by atoms with E-state index in [1.165, 1.54) is 43.4 Å². The molecule has 0 radical (unpaired) electrons. The molecule has 0 aliphatic rings. The number of fused-ring (bicyclic) bond motifs is 3. The topological polar surface area (TPSA) is 17.1 Å². The number of hydrogen-bond donors (Lipinski definition) is 0. The summed E-state index contributed by atoms with van der Waals surface area (Å²) in [5.41, 5.74) is 4.70. The van der Waals surface area contributed by atoms with Gasteiger partial charge in [-0.3, -0.25) is 0 Å². The van der Waals surface area contributed by atoms with Crippen molar-refractivity contribution in [1.82, 2.24) is 0 Å². The highest BCUT2D eigenvalue weighted by Gasteiger charge is 2.30. The van der Waals surface area contributed by atoms with Gasteiger partial charge in [0.15, 0.2) is 7.14 Å². The highest BCUT2D eigenvalue weighted by atomic mass is 31.2. The smallest absolute Gasteiger partial charge is 0.171 e. The van der Waals surface area contributed by atoms with Gasteiger partial charge in [-0.1, -0.05) is 170 Å². The van der Waals surface area contributed by atoms with Gasteiger partial charge in [-0.15, -0.1) is 0 Å². The molecule has 0 atom stereocenters. The fraction of sp³-hybridized carbons (Fsp3) is 0. The van der Waals surface area contributed by atoms with Crippen molar-refractivity contribution in [3.63, 3.8) is 0 Å². The molecule has 0 saturated carbocycles. The lowest BCUT2D eigenvalue weighted by Crippen LogP contribution is -2.25. The molecule has 0 heterocycles. The van der Waals surface area contributed by atoms with E-state index in [1.807, 2.05) is 66.7 Å². The summed E-state index contributed by atoms with van der Waals surface area (Å²) in [5, 5.41) is 9.75. The van der Waals surface area contributed by atoms with Crippen molar-refractivity contribution in [2.75, 3.05) is 0 Å². The zero-order chi connectivity index (χ0) is 29.5. The molecular weight excluding hydrogens is 551 g/mol. The van der Waals surface area contributed by atoms with E-state index in [4.69, 9.17) is 0 Å². The van der Waals surface area contributed by atoms with E-state index in [1.54, 1.807) is 0 Å². The highest BCUT2D eigenvalue weighted by Crippen LogP contribution is 2.47. The van der Waals surface area contributed by atoms with Crippen LogP contribution in [0.3, 0.4) is 0 Å². The fourth-order valence-corrected chi connectivity index (χ4v) is 9.45. The van der Waals surface area contributed by atoms with Crippen LogP contribution < -0.4 is 15.9 Å². The zero-order valence-electron chi connectivity index (χ0n) is 24.1. The van der Waals surface area contributed by atoms with Gasteiger partial charge in [-0.2, -0.15) is 0 Å². The molecule has 8 aromatic carbocycles. The monoisotopic (exact) mass is 580 g/mol. The van der Waals surface area contributed by atoms with E-state index in [9.17, 15) is 0 Å². The van der Waals surface area contributed by atoms with Crippen LogP contribution in [0.5, 0.6) is 0 Å². The summed E-state index contributed by atoms with van der Waals surface area (Å²) in [4.78, 5) is 0. The van der Waals surface area contributed by atoms with Gasteiger partial charge in [-0.25, -0.2) is 0 Å². The Kier molecular flexibility index (Phi) is 6.48. The molecule has 0 N–H and O–H groups in total. The van der Waals surface area contributed by atoms with Crippen LogP contribution in [0.1, 0.15) is 0 Å². The van der Waals surface area contributed by atoms with E-state index >= 15 is 4.57 Å². The normalized spacial score (nSPS) is 11.7. The molecule has 1 nitrogen and oxygen atoms in total. The second-order valence-corrected chi connectivity index (χ2v) is 14.0. The average Bonchev–Trinajstić information content (AvgIpc) is 3.11. The molecule has 0 aliphatic carbocycles. The van der Waals surface area contributed by atoms with Crippen molar-refractivity contribution < 1.29 is 4.57 Å². The number of rotatable bonds is 5. The van der Waals surface area contributed by atoms with E-state index in [2.05, 4.69) is 109 Å². The maximum absolute atomic E-state index is 15.3. The molecule has 0 bridgehead atoms. The van der Waals surface area contributed by atoms with E-state index in [-0.39, 0.29) is 0 Å². The first kappa shape index (κ1) is 26.4. The Balaban J connectivity index is 1.44. The third-order valence-corrected chi connectivity index (χ3v) is 11.8. The van der Waals surface area contributed by atoms with Crippen LogP contribution in [-0.2, 0) is 4.57 Å². The third kappa shape index (κ3) is 4.21. The van der Waals surface area contributed by atoms with Crippen LogP contribution in [0.4, 0.5) is 0 Å². The minimum atomic E-state index is -3.13. The molecule has 0 aromatic heterocycles. The van der Waals surface area contributed by atoms with Crippen molar-refractivity contribution in [3.8, 4) is 22.3 Å². The number of benzene rings is 8. The van der Waals surface area contributed by atoms with Gasteiger partial charge in [-0.05, 0) is 60.6 Å². The molecule has 44 heavy (non-hydrogen) atoms. The molecule has 0 unspecified atom stereocenters. The first-order valence-electron chi connectivity index (χ1n) is 15.0. The molecule has 8 rings (SSSR count). The minimum absolute atomic E-state index is 0.832. The maximum Gasteiger partial charge on any atom is 0.171 e. The first-order chi connectivity index (χ1) is 21.7. The first-order valence-corrected chi connectivity index (χ1v) is 16.7. The van der Waals surface area contributed by atoms with Crippen molar-refractivity contribution in [2.45, 2.75) is 0 Å². The Bertz CT molecular complexity index is 2250. The van der Waals surface area contributed by atoms with Crippen LogP contribution in [0.2, 0.25) is 0 Å². The summed E-state index contributed by atoms with van der Waals surface area (Å²) in [5.74, 6) is 0. The maximum atomic E-state index is 15.3. The van der Waals surface area contributed by atoms with Crippen molar-refractivity contribution in [3.05, 3.63) is 176 Å². The summed E-state index contributed by atoms with van der Waals surface area (Å²) in [6.07, 6.45) is 0.